The fourth-order valence-corrected chi connectivity index (χ4v) is 4.09. The molecular formula is C15H28N2. The molecule has 0 bridgehead atoms. The van der Waals surface area contributed by atoms with Crippen LogP contribution in [0.1, 0.15) is 58.8 Å². The van der Waals surface area contributed by atoms with Crippen LogP contribution in [0, 0.1) is 5.92 Å². The molecule has 0 radical (unpaired) electrons. The average molecular weight is 236 g/mol. The van der Waals surface area contributed by atoms with E-state index in [2.05, 4.69) is 24.1 Å². The topological polar surface area (TPSA) is 15.3 Å². The van der Waals surface area contributed by atoms with Gasteiger partial charge in [0.2, 0.25) is 0 Å². The zero-order valence-electron chi connectivity index (χ0n) is 11.6. The van der Waals surface area contributed by atoms with E-state index in [0.717, 1.165) is 5.92 Å². The van der Waals surface area contributed by atoms with Crippen LogP contribution < -0.4 is 5.32 Å². The Kier molecular flexibility index (Phi) is 2.99. The zero-order chi connectivity index (χ0) is 11.9. The lowest BCUT2D eigenvalue weighted by atomic mass is 9.79. The summed E-state index contributed by atoms with van der Waals surface area (Å²) >= 11 is 0. The number of hydrogen-bond donors (Lipinski definition) is 1. The van der Waals surface area contributed by atoms with Crippen LogP contribution in [0.4, 0.5) is 0 Å². The van der Waals surface area contributed by atoms with Crippen molar-refractivity contribution < 1.29 is 0 Å². The number of nitrogens with one attached hydrogen (secondary N) is 1. The van der Waals surface area contributed by atoms with Crippen molar-refractivity contribution in [3.05, 3.63) is 0 Å². The maximum Gasteiger partial charge on any atom is 0.0309 e. The van der Waals surface area contributed by atoms with Gasteiger partial charge in [0, 0.05) is 30.7 Å². The third-order valence-electron chi connectivity index (χ3n) is 5.60. The third-order valence-corrected chi connectivity index (χ3v) is 5.60. The summed E-state index contributed by atoms with van der Waals surface area (Å²) in [6.45, 7) is 8.73. The highest BCUT2D eigenvalue weighted by molar-refractivity contribution is 5.05. The Bertz CT molecular complexity index is 279. The molecule has 0 aromatic rings. The number of nitrogens with zero attached hydrogens (tertiary/aromatic N) is 1. The molecule has 98 valence electrons. The van der Waals surface area contributed by atoms with E-state index in [-0.39, 0.29) is 0 Å². The minimum absolute atomic E-state index is 0.415. The van der Waals surface area contributed by atoms with E-state index in [0.29, 0.717) is 11.1 Å². The average Bonchev–Trinajstić information content (AvgIpc) is 3.14. The van der Waals surface area contributed by atoms with Crippen molar-refractivity contribution in [1.29, 1.82) is 0 Å². The summed E-state index contributed by atoms with van der Waals surface area (Å²) in [5, 5.41) is 3.80. The molecule has 1 saturated heterocycles. The second-order valence-corrected chi connectivity index (χ2v) is 7.10. The fraction of sp³-hybridized carbons (Fsp3) is 1.00. The van der Waals surface area contributed by atoms with Crippen LogP contribution >= 0.6 is 0 Å². The Morgan fingerprint density at radius 2 is 1.76 bits per heavy atom. The lowest BCUT2D eigenvalue weighted by molar-refractivity contribution is 0.0109. The van der Waals surface area contributed by atoms with E-state index in [1.54, 1.807) is 0 Å². The normalized spacial score (nSPS) is 39.2. The summed E-state index contributed by atoms with van der Waals surface area (Å²) in [5.41, 5.74) is 0.926. The summed E-state index contributed by atoms with van der Waals surface area (Å²) in [6, 6.07) is 0. The van der Waals surface area contributed by atoms with Crippen molar-refractivity contribution in [3.63, 3.8) is 0 Å². The number of rotatable bonds is 2. The third kappa shape index (κ3) is 2.26. The van der Waals surface area contributed by atoms with E-state index in [4.69, 9.17) is 0 Å². The fourth-order valence-electron chi connectivity index (χ4n) is 4.09. The molecule has 3 aliphatic rings. The minimum Gasteiger partial charge on any atom is -0.309 e. The van der Waals surface area contributed by atoms with Crippen LogP contribution in [0.15, 0.2) is 0 Å². The van der Waals surface area contributed by atoms with Crippen molar-refractivity contribution in [1.82, 2.24) is 10.2 Å². The molecule has 2 heteroatoms. The molecule has 0 aromatic carbocycles. The van der Waals surface area contributed by atoms with Gasteiger partial charge in [-0.25, -0.2) is 0 Å². The molecule has 2 nitrogen and oxygen atoms in total. The van der Waals surface area contributed by atoms with Gasteiger partial charge in [-0.2, -0.15) is 0 Å². The van der Waals surface area contributed by atoms with E-state index in [9.17, 15) is 0 Å². The van der Waals surface area contributed by atoms with Gasteiger partial charge in [-0.1, -0.05) is 19.3 Å². The van der Waals surface area contributed by atoms with Gasteiger partial charge in [0.25, 0.3) is 0 Å². The zero-order valence-corrected chi connectivity index (χ0v) is 11.6. The molecule has 1 atom stereocenters. The molecule has 0 spiro atoms. The van der Waals surface area contributed by atoms with Crippen LogP contribution in [0.3, 0.4) is 0 Å². The second kappa shape index (κ2) is 4.24. The SMILES string of the molecule is CC1(C2CC2)CN(C2(C)CCCCC2)CCN1. The van der Waals surface area contributed by atoms with Crippen molar-refractivity contribution in [3.8, 4) is 0 Å². The largest absolute Gasteiger partial charge is 0.309 e. The first-order chi connectivity index (χ1) is 8.12. The first-order valence-corrected chi connectivity index (χ1v) is 7.63. The Balaban J connectivity index is 1.70. The Hall–Kier alpha value is -0.0800. The molecule has 3 fully saturated rings. The molecule has 0 amide bonds. The quantitative estimate of drug-likeness (QED) is 0.793. The van der Waals surface area contributed by atoms with Crippen LogP contribution in [-0.2, 0) is 0 Å². The summed E-state index contributed by atoms with van der Waals surface area (Å²) < 4.78 is 0. The van der Waals surface area contributed by atoms with E-state index in [1.165, 1.54) is 64.6 Å². The second-order valence-electron chi connectivity index (χ2n) is 7.10. The van der Waals surface area contributed by atoms with E-state index >= 15 is 0 Å². The Labute approximate surface area is 106 Å². The highest BCUT2D eigenvalue weighted by Crippen LogP contribution is 2.43. The molecule has 0 aromatic heterocycles. The summed E-state index contributed by atoms with van der Waals surface area (Å²) in [7, 11) is 0. The van der Waals surface area contributed by atoms with Crippen molar-refractivity contribution in [2.45, 2.75) is 69.9 Å². The maximum atomic E-state index is 3.80. The molecule has 2 saturated carbocycles. The molecule has 1 heterocycles. The highest BCUT2D eigenvalue weighted by atomic mass is 15.3. The lowest BCUT2D eigenvalue weighted by Crippen LogP contribution is -2.65. The van der Waals surface area contributed by atoms with Gasteiger partial charge in [-0.3, -0.25) is 4.90 Å². The van der Waals surface area contributed by atoms with Crippen molar-refractivity contribution in [2.75, 3.05) is 19.6 Å². The van der Waals surface area contributed by atoms with E-state index in [1.807, 2.05) is 0 Å². The van der Waals surface area contributed by atoms with Gasteiger partial charge >= 0.3 is 0 Å². The van der Waals surface area contributed by atoms with Crippen LogP contribution in [0.2, 0.25) is 0 Å². The van der Waals surface area contributed by atoms with Crippen LogP contribution in [0.25, 0.3) is 0 Å². The molecule has 1 aliphatic heterocycles. The predicted octanol–water partition coefficient (Wildman–Crippen LogP) is 2.78. The van der Waals surface area contributed by atoms with Crippen molar-refractivity contribution >= 4 is 0 Å². The number of hydrogen-bond acceptors (Lipinski definition) is 2. The summed E-state index contributed by atoms with van der Waals surface area (Å²) in [6.07, 6.45) is 10.1. The molecule has 2 aliphatic carbocycles. The smallest absolute Gasteiger partial charge is 0.0309 e. The standard InChI is InChI=1S/C15H28N2/c1-14(8-4-3-5-9-14)17-11-10-16-15(2,12-17)13-6-7-13/h13,16H,3-12H2,1-2H3. The van der Waals surface area contributed by atoms with Crippen LogP contribution in [-0.4, -0.2) is 35.6 Å². The van der Waals surface area contributed by atoms with Gasteiger partial charge in [0.1, 0.15) is 0 Å². The molecule has 1 unspecified atom stereocenters. The first kappa shape index (κ1) is 12.0. The minimum atomic E-state index is 0.415. The van der Waals surface area contributed by atoms with Crippen LogP contribution in [0.5, 0.6) is 0 Å². The summed E-state index contributed by atoms with van der Waals surface area (Å²) in [5.74, 6) is 0.956. The van der Waals surface area contributed by atoms with E-state index < -0.39 is 0 Å². The molecule has 3 rings (SSSR count). The van der Waals surface area contributed by atoms with Gasteiger partial charge in [-0.15, -0.1) is 0 Å². The Morgan fingerprint density at radius 3 is 2.41 bits per heavy atom. The maximum absolute atomic E-state index is 3.80. The lowest BCUT2D eigenvalue weighted by Gasteiger charge is -2.51. The first-order valence-electron chi connectivity index (χ1n) is 7.63. The Morgan fingerprint density at radius 1 is 1.06 bits per heavy atom. The monoisotopic (exact) mass is 236 g/mol. The molecule has 17 heavy (non-hydrogen) atoms. The van der Waals surface area contributed by atoms with Gasteiger partial charge < -0.3 is 5.32 Å². The molecular weight excluding hydrogens is 208 g/mol. The number of piperazine rings is 1. The predicted molar refractivity (Wildman–Crippen MR) is 72.2 cm³/mol. The summed E-state index contributed by atoms with van der Waals surface area (Å²) in [4.78, 5) is 2.82. The van der Waals surface area contributed by atoms with Gasteiger partial charge in [-0.05, 0) is 45.4 Å². The highest BCUT2D eigenvalue weighted by Gasteiger charge is 2.47. The van der Waals surface area contributed by atoms with Gasteiger partial charge in [0.05, 0.1) is 0 Å². The van der Waals surface area contributed by atoms with Gasteiger partial charge in [0.15, 0.2) is 0 Å². The molecule has 1 N–H and O–H groups in total. The van der Waals surface area contributed by atoms with Crippen molar-refractivity contribution in [2.24, 2.45) is 5.92 Å².